The van der Waals surface area contributed by atoms with Gasteiger partial charge in [0, 0.05) is 5.56 Å². The first-order valence-electron chi connectivity index (χ1n) is 9.05. The first kappa shape index (κ1) is 20.3. The van der Waals surface area contributed by atoms with E-state index in [1.165, 1.54) is 17.0 Å². The summed E-state index contributed by atoms with van der Waals surface area (Å²) in [5, 5.41) is 3.14. The molecule has 3 aromatic carbocycles. The van der Waals surface area contributed by atoms with Gasteiger partial charge in [0.1, 0.15) is 11.6 Å². The van der Waals surface area contributed by atoms with Crippen LogP contribution in [0, 0.1) is 5.82 Å². The molecular formula is C22H16ClFN2O3S. The molecule has 30 heavy (non-hydrogen) atoms. The number of halogens is 2. The van der Waals surface area contributed by atoms with Crippen molar-refractivity contribution in [1.82, 2.24) is 0 Å². The number of amides is 2. The van der Waals surface area contributed by atoms with E-state index in [4.69, 9.17) is 11.6 Å². The number of nitrogens with one attached hydrogen (secondary N) is 1. The first-order chi connectivity index (χ1) is 14.4. The van der Waals surface area contributed by atoms with Gasteiger partial charge >= 0.3 is 0 Å². The maximum atomic E-state index is 13.2. The van der Waals surface area contributed by atoms with Crippen molar-refractivity contribution in [3.63, 3.8) is 0 Å². The fraction of sp³-hybridized carbons (Fsp3) is 0.0909. The van der Waals surface area contributed by atoms with Crippen molar-refractivity contribution >= 4 is 45.6 Å². The number of benzene rings is 3. The van der Waals surface area contributed by atoms with E-state index < -0.39 is 16.7 Å². The summed E-state index contributed by atoms with van der Waals surface area (Å²) in [6.45, 7) is 0.179. The Morgan fingerprint density at radius 2 is 1.83 bits per heavy atom. The Hall–Kier alpha value is -3.03. The lowest BCUT2D eigenvalue weighted by molar-refractivity contribution is -0.116. The number of fused-ring (bicyclic) bond motifs is 1. The molecule has 0 spiro atoms. The third kappa shape index (κ3) is 4.13. The van der Waals surface area contributed by atoms with Gasteiger partial charge in [0.05, 0.1) is 38.6 Å². The van der Waals surface area contributed by atoms with Gasteiger partial charge in [-0.2, -0.15) is 0 Å². The number of anilines is 2. The number of rotatable bonds is 4. The van der Waals surface area contributed by atoms with Crippen LogP contribution in [-0.2, 0) is 22.1 Å². The molecule has 5 nitrogen and oxygen atoms in total. The van der Waals surface area contributed by atoms with Gasteiger partial charge in [-0.05, 0) is 48.0 Å². The summed E-state index contributed by atoms with van der Waals surface area (Å²) in [5.74, 6) is -1.24. The number of hydrogen-bond acceptors (Lipinski definition) is 3. The van der Waals surface area contributed by atoms with E-state index in [1.54, 1.807) is 54.6 Å². The van der Waals surface area contributed by atoms with Crippen molar-refractivity contribution in [2.24, 2.45) is 0 Å². The number of nitrogens with zero attached hydrogens (tertiary/aromatic N) is 1. The minimum atomic E-state index is -1.49. The molecule has 152 valence electrons. The van der Waals surface area contributed by atoms with Gasteiger partial charge in [0.15, 0.2) is 0 Å². The van der Waals surface area contributed by atoms with E-state index in [9.17, 15) is 18.2 Å². The highest BCUT2D eigenvalue weighted by Gasteiger charge is 2.30. The van der Waals surface area contributed by atoms with E-state index in [1.807, 2.05) is 0 Å². The number of para-hydroxylation sites is 1. The van der Waals surface area contributed by atoms with Gasteiger partial charge in [-0.15, -0.1) is 0 Å². The molecule has 0 unspecified atom stereocenters. The molecule has 4 rings (SSSR count). The summed E-state index contributed by atoms with van der Waals surface area (Å²) in [6.07, 6.45) is 0. The Bertz CT molecular complexity index is 1170. The standard InChI is InChI=1S/C22H16ClFN2O3S/c23-17-3-1-2-4-18(17)25-22(28)15-7-10-20-19(11-15)26(21(27)13-30(20)29)12-14-5-8-16(24)9-6-14/h1-11H,12-13H2,(H,25,28)/t30-/m1/s1. The predicted molar refractivity (Wildman–Crippen MR) is 115 cm³/mol. The molecule has 0 bridgehead atoms. The molecule has 1 N–H and O–H groups in total. The summed E-state index contributed by atoms with van der Waals surface area (Å²) < 4.78 is 25.7. The molecular weight excluding hydrogens is 427 g/mol. The molecule has 0 aromatic heterocycles. The quantitative estimate of drug-likeness (QED) is 0.651. The Morgan fingerprint density at radius 3 is 2.57 bits per heavy atom. The lowest BCUT2D eigenvalue weighted by atomic mass is 10.1. The van der Waals surface area contributed by atoms with E-state index in [0.29, 0.717) is 32.4 Å². The second-order valence-corrected chi connectivity index (χ2v) is 8.54. The van der Waals surface area contributed by atoms with Crippen LogP contribution < -0.4 is 10.2 Å². The number of hydrogen-bond donors (Lipinski definition) is 1. The van der Waals surface area contributed by atoms with E-state index in [0.717, 1.165) is 0 Å². The predicted octanol–water partition coefficient (Wildman–Crippen LogP) is 4.39. The third-order valence-electron chi connectivity index (χ3n) is 4.69. The van der Waals surface area contributed by atoms with Crippen LogP contribution in [0.5, 0.6) is 0 Å². The molecule has 1 atom stereocenters. The Kier molecular flexibility index (Phi) is 5.65. The monoisotopic (exact) mass is 442 g/mol. The number of carbonyl (C=O) groups is 2. The van der Waals surface area contributed by atoms with Crippen LogP contribution in [0.2, 0.25) is 5.02 Å². The molecule has 1 heterocycles. The molecule has 8 heteroatoms. The van der Waals surface area contributed by atoms with Crippen molar-refractivity contribution in [2.45, 2.75) is 11.4 Å². The lowest BCUT2D eigenvalue weighted by Crippen LogP contribution is -2.38. The minimum absolute atomic E-state index is 0.140. The summed E-state index contributed by atoms with van der Waals surface area (Å²) in [5.41, 5.74) is 1.88. The van der Waals surface area contributed by atoms with Crippen molar-refractivity contribution < 1.29 is 18.2 Å². The van der Waals surface area contributed by atoms with Crippen LogP contribution in [0.25, 0.3) is 0 Å². The zero-order valence-electron chi connectivity index (χ0n) is 15.6. The maximum Gasteiger partial charge on any atom is 0.255 e. The second-order valence-electron chi connectivity index (χ2n) is 6.71. The highest BCUT2D eigenvalue weighted by molar-refractivity contribution is 7.86. The molecule has 1 aliphatic rings. The van der Waals surface area contributed by atoms with Gasteiger partial charge in [-0.1, -0.05) is 35.9 Å². The van der Waals surface area contributed by atoms with E-state index in [-0.39, 0.29) is 24.0 Å². The Morgan fingerprint density at radius 1 is 1.10 bits per heavy atom. The van der Waals surface area contributed by atoms with Crippen molar-refractivity contribution in [3.05, 3.63) is 88.7 Å². The smallest absolute Gasteiger partial charge is 0.255 e. The summed E-state index contributed by atoms with van der Waals surface area (Å²) >= 11 is 6.10. The zero-order chi connectivity index (χ0) is 21.3. The Balaban J connectivity index is 1.67. The average molecular weight is 443 g/mol. The van der Waals surface area contributed by atoms with E-state index in [2.05, 4.69) is 5.32 Å². The van der Waals surface area contributed by atoms with Crippen LogP contribution in [0.1, 0.15) is 15.9 Å². The normalized spacial score (nSPS) is 15.6. The van der Waals surface area contributed by atoms with Gasteiger partial charge in [-0.3, -0.25) is 13.8 Å². The first-order valence-corrected chi connectivity index (χ1v) is 10.7. The molecule has 0 radical (unpaired) electrons. The van der Waals surface area contributed by atoms with Crippen LogP contribution in [0.3, 0.4) is 0 Å². The molecule has 0 saturated carbocycles. The van der Waals surface area contributed by atoms with Gasteiger partial charge in [-0.25, -0.2) is 4.39 Å². The highest BCUT2D eigenvalue weighted by Crippen LogP contribution is 2.32. The maximum absolute atomic E-state index is 13.2. The zero-order valence-corrected chi connectivity index (χ0v) is 17.2. The lowest BCUT2D eigenvalue weighted by Gasteiger charge is -2.29. The Labute approximate surface area is 179 Å². The molecule has 1 aliphatic heterocycles. The molecule has 3 aromatic rings. The minimum Gasteiger partial charge on any atom is -0.321 e. The molecule has 0 aliphatic carbocycles. The van der Waals surface area contributed by atoms with Crippen molar-refractivity contribution in [1.29, 1.82) is 0 Å². The largest absolute Gasteiger partial charge is 0.321 e. The molecule has 0 saturated heterocycles. The van der Waals surface area contributed by atoms with Crippen LogP contribution in [0.15, 0.2) is 71.6 Å². The fourth-order valence-corrected chi connectivity index (χ4v) is 4.51. The van der Waals surface area contributed by atoms with E-state index >= 15 is 0 Å². The summed E-state index contributed by atoms with van der Waals surface area (Å²) in [6, 6.07) is 17.3. The third-order valence-corrected chi connectivity index (χ3v) is 6.36. The van der Waals surface area contributed by atoms with Crippen LogP contribution >= 0.6 is 11.6 Å². The SMILES string of the molecule is O=C(Nc1ccccc1Cl)c1ccc2c(c1)N(Cc1ccc(F)cc1)C(=O)C[S@]2=O. The highest BCUT2D eigenvalue weighted by atomic mass is 35.5. The van der Waals surface area contributed by atoms with Gasteiger partial charge < -0.3 is 10.2 Å². The summed E-state index contributed by atoms with van der Waals surface area (Å²) in [4.78, 5) is 27.3. The summed E-state index contributed by atoms with van der Waals surface area (Å²) in [7, 11) is -1.49. The van der Waals surface area contributed by atoms with Crippen LogP contribution in [-0.4, -0.2) is 21.8 Å². The van der Waals surface area contributed by atoms with Gasteiger partial charge in [0.2, 0.25) is 5.91 Å². The number of carbonyl (C=O) groups excluding carboxylic acids is 2. The fourth-order valence-electron chi connectivity index (χ4n) is 3.17. The van der Waals surface area contributed by atoms with Crippen molar-refractivity contribution in [2.75, 3.05) is 16.0 Å². The van der Waals surface area contributed by atoms with Gasteiger partial charge in [0.25, 0.3) is 5.91 Å². The topological polar surface area (TPSA) is 66.5 Å². The van der Waals surface area contributed by atoms with Crippen molar-refractivity contribution in [3.8, 4) is 0 Å². The molecule has 0 fully saturated rings. The average Bonchev–Trinajstić information content (AvgIpc) is 2.73. The molecule has 2 amide bonds. The van der Waals surface area contributed by atoms with Crippen LogP contribution in [0.4, 0.5) is 15.8 Å². The second kappa shape index (κ2) is 8.38.